The van der Waals surface area contributed by atoms with Crippen molar-refractivity contribution in [3.05, 3.63) is 12.2 Å². The monoisotopic (exact) mass is 264 g/mol. The molecule has 0 unspecified atom stereocenters. The molecule has 1 N–H and O–H groups in total. The average molecular weight is 264 g/mol. The van der Waals surface area contributed by atoms with Gasteiger partial charge in [0.2, 0.25) is 0 Å². The zero-order valence-corrected chi connectivity index (χ0v) is 8.64. The minimum atomic E-state index is -9.75. The number of carbonyl (C=O) groups is 1. The first-order chi connectivity index (χ1) is 6.90. The molecule has 2 aliphatic carbocycles. The Hall–Kier alpha value is -0.790. The Morgan fingerprint density at radius 2 is 1.62 bits per heavy atom. The summed E-state index contributed by atoms with van der Waals surface area (Å²) in [6.45, 7) is 0. The Bertz CT molecular complexity index is 386. The summed E-state index contributed by atoms with van der Waals surface area (Å²) in [6, 6.07) is 0. The molecule has 0 aliphatic heterocycles. The number of carboxylic acids is 1. The van der Waals surface area contributed by atoms with Gasteiger partial charge in [0.05, 0.1) is 5.92 Å². The summed E-state index contributed by atoms with van der Waals surface area (Å²) in [7, 11) is -9.75. The van der Waals surface area contributed by atoms with Gasteiger partial charge in [-0.05, 0) is 18.3 Å². The molecule has 2 nitrogen and oxygen atoms in total. The molecule has 4 atom stereocenters. The molecular formula is C8H9F5O2S. The predicted octanol–water partition coefficient (Wildman–Crippen LogP) is 3.56. The van der Waals surface area contributed by atoms with Gasteiger partial charge in [0.1, 0.15) is 5.25 Å². The lowest BCUT2D eigenvalue weighted by atomic mass is 9.93. The quantitative estimate of drug-likeness (QED) is 0.611. The van der Waals surface area contributed by atoms with E-state index < -0.39 is 39.2 Å². The molecule has 1 saturated carbocycles. The molecule has 16 heavy (non-hydrogen) atoms. The van der Waals surface area contributed by atoms with Crippen LogP contribution in [0.25, 0.3) is 0 Å². The Kier molecular flexibility index (Phi) is 1.75. The van der Waals surface area contributed by atoms with Crippen molar-refractivity contribution >= 4 is 16.2 Å². The molecule has 0 aromatic heterocycles. The number of fused-ring (bicyclic) bond motifs is 2. The number of carboxylic acid groups (broad SMARTS) is 1. The van der Waals surface area contributed by atoms with Crippen LogP contribution in [-0.2, 0) is 4.79 Å². The highest BCUT2D eigenvalue weighted by atomic mass is 32.5. The topological polar surface area (TPSA) is 37.3 Å². The van der Waals surface area contributed by atoms with Crippen molar-refractivity contribution in [1.29, 1.82) is 0 Å². The molecule has 2 rings (SSSR count). The smallest absolute Gasteiger partial charge is 0.308 e. The van der Waals surface area contributed by atoms with E-state index in [9.17, 15) is 24.2 Å². The lowest BCUT2D eigenvalue weighted by Gasteiger charge is -2.49. The van der Waals surface area contributed by atoms with Crippen LogP contribution in [0.2, 0.25) is 0 Å². The molecule has 0 aromatic carbocycles. The van der Waals surface area contributed by atoms with Crippen molar-refractivity contribution in [2.45, 2.75) is 11.7 Å². The first-order valence-corrected chi connectivity index (χ1v) is 6.55. The minimum absolute atomic E-state index is 0.146. The Labute approximate surface area is 87.8 Å². The molecule has 2 bridgehead atoms. The van der Waals surface area contributed by atoms with Crippen LogP contribution in [0.4, 0.5) is 19.4 Å². The molecule has 1 fully saturated rings. The van der Waals surface area contributed by atoms with Gasteiger partial charge >= 0.3 is 5.97 Å². The largest absolute Gasteiger partial charge is 0.481 e. The van der Waals surface area contributed by atoms with E-state index in [1.165, 1.54) is 6.08 Å². The summed E-state index contributed by atoms with van der Waals surface area (Å²) in [5.74, 6) is -6.14. The van der Waals surface area contributed by atoms with Gasteiger partial charge in [-0.25, -0.2) is 0 Å². The van der Waals surface area contributed by atoms with Crippen LogP contribution < -0.4 is 0 Å². The fourth-order valence-corrected chi connectivity index (χ4v) is 4.44. The maximum Gasteiger partial charge on any atom is 0.308 e. The second-order valence-corrected chi connectivity index (χ2v) is 6.91. The lowest BCUT2D eigenvalue weighted by Crippen LogP contribution is -2.40. The van der Waals surface area contributed by atoms with Gasteiger partial charge < -0.3 is 5.11 Å². The van der Waals surface area contributed by atoms with Gasteiger partial charge in [0, 0.05) is 0 Å². The highest BCUT2D eigenvalue weighted by Crippen LogP contribution is 3.02. The van der Waals surface area contributed by atoms with Crippen LogP contribution >= 0.6 is 10.2 Å². The van der Waals surface area contributed by atoms with Crippen LogP contribution in [0.5, 0.6) is 0 Å². The van der Waals surface area contributed by atoms with Gasteiger partial charge in [-0.1, -0.05) is 31.6 Å². The third-order valence-electron chi connectivity index (χ3n) is 3.19. The van der Waals surface area contributed by atoms with E-state index in [2.05, 4.69) is 0 Å². The van der Waals surface area contributed by atoms with E-state index in [4.69, 9.17) is 5.11 Å². The fraction of sp³-hybridized carbons (Fsp3) is 0.625. The standard InChI is InChI=1S/C8H9F5O2S/c9-16(10,11,12,13)7-5-2-1-4(3-5)6(7)8(14)15/h1-2,4-7H,3H2,(H,14,15)/t4-,5+,6+,7+/m1/s1. The molecular weight excluding hydrogens is 255 g/mol. The van der Waals surface area contributed by atoms with Crippen molar-refractivity contribution in [2.75, 3.05) is 0 Å². The van der Waals surface area contributed by atoms with Gasteiger partial charge in [-0.3, -0.25) is 4.79 Å². The van der Waals surface area contributed by atoms with Crippen molar-refractivity contribution in [3.8, 4) is 0 Å². The van der Waals surface area contributed by atoms with Gasteiger partial charge in [0.15, 0.2) is 0 Å². The Balaban J connectivity index is 2.50. The second-order valence-electron chi connectivity index (χ2n) is 4.31. The average Bonchev–Trinajstić information content (AvgIpc) is 2.55. The van der Waals surface area contributed by atoms with Crippen LogP contribution in [0.1, 0.15) is 6.42 Å². The zero-order valence-electron chi connectivity index (χ0n) is 7.82. The minimum Gasteiger partial charge on any atom is -0.481 e. The Morgan fingerprint density at radius 1 is 1.12 bits per heavy atom. The van der Waals surface area contributed by atoms with E-state index in [0.717, 1.165) is 6.08 Å². The summed E-state index contributed by atoms with van der Waals surface area (Å²) < 4.78 is 63.5. The summed E-state index contributed by atoms with van der Waals surface area (Å²) in [6.07, 6.45) is 2.21. The van der Waals surface area contributed by atoms with Gasteiger partial charge in [-0.15, -0.1) is 0 Å². The Morgan fingerprint density at radius 3 is 2.00 bits per heavy atom. The molecule has 0 spiro atoms. The molecule has 0 amide bonds. The van der Waals surface area contributed by atoms with E-state index in [-0.39, 0.29) is 6.42 Å². The van der Waals surface area contributed by atoms with Gasteiger partial charge in [-0.2, -0.15) is 0 Å². The number of rotatable bonds is 2. The van der Waals surface area contributed by atoms with Crippen molar-refractivity contribution in [1.82, 2.24) is 0 Å². The van der Waals surface area contributed by atoms with Crippen LogP contribution in [-0.4, -0.2) is 16.3 Å². The highest BCUT2D eigenvalue weighted by Gasteiger charge is 2.77. The number of hydrogen-bond acceptors (Lipinski definition) is 1. The maximum absolute atomic E-state index is 12.7. The van der Waals surface area contributed by atoms with Crippen LogP contribution in [0.3, 0.4) is 0 Å². The summed E-state index contributed by atoms with van der Waals surface area (Å²) in [5.41, 5.74) is 0. The van der Waals surface area contributed by atoms with Crippen LogP contribution in [0, 0.1) is 17.8 Å². The summed E-state index contributed by atoms with van der Waals surface area (Å²) >= 11 is 0. The molecule has 0 radical (unpaired) electrons. The number of halogens is 5. The molecule has 0 aromatic rings. The first-order valence-electron chi connectivity index (χ1n) is 4.54. The van der Waals surface area contributed by atoms with Crippen molar-refractivity contribution in [3.63, 3.8) is 0 Å². The third-order valence-corrected chi connectivity index (χ3v) is 4.86. The normalized spacial score (nSPS) is 41.8. The summed E-state index contributed by atoms with van der Waals surface area (Å²) in [5, 5.41) is 5.64. The fourth-order valence-electron chi connectivity index (χ4n) is 2.71. The summed E-state index contributed by atoms with van der Waals surface area (Å²) in [4.78, 5) is 10.7. The lowest BCUT2D eigenvalue weighted by molar-refractivity contribution is -0.142. The molecule has 94 valence electrons. The molecule has 8 heteroatoms. The van der Waals surface area contributed by atoms with Crippen molar-refractivity contribution in [2.24, 2.45) is 17.8 Å². The zero-order chi connectivity index (χ0) is 12.4. The SMILES string of the molecule is O=C(O)[C@@H]1[C@@H](S(F)(F)(F)(F)F)[C@H]2C=C[C@@H]1C2. The van der Waals surface area contributed by atoms with Crippen molar-refractivity contribution < 1.29 is 29.3 Å². The van der Waals surface area contributed by atoms with E-state index >= 15 is 0 Å². The molecule has 0 saturated heterocycles. The maximum atomic E-state index is 12.7. The van der Waals surface area contributed by atoms with E-state index in [0.29, 0.717) is 0 Å². The molecule has 2 aliphatic rings. The molecule has 0 heterocycles. The van der Waals surface area contributed by atoms with E-state index in [1.807, 2.05) is 0 Å². The predicted molar refractivity (Wildman–Crippen MR) is 48.8 cm³/mol. The highest BCUT2D eigenvalue weighted by molar-refractivity contribution is 8.46. The second kappa shape index (κ2) is 2.39. The third kappa shape index (κ3) is 1.68. The number of aliphatic carboxylic acids is 1. The van der Waals surface area contributed by atoms with Crippen LogP contribution in [0.15, 0.2) is 12.2 Å². The number of hydrogen-bond donors (Lipinski definition) is 1. The van der Waals surface area contributed by atoms with Gasteiger partial charge in [0.25, 0.3) is 10.2 Å². The first kappa shape index (κ1) is 11.7. The van der Waals surface area contributed by atoms with E-state index in [1.54, 1.807) is 0 Å². The number of allylic oxidation sites excluding steroid dienone is 2.